The second-order valence-electron chi connectivity index (χ2n) is 6.08. The zero-order chi connectivity index (χ0) is 17.8. The fraction of sp³-hybridized carbons (Fsp3) is 0.278. The van der Waals surface area contributed by atoms with E-state index >= 15 is 0 Å². The molecular weight excluding hydrogens is 340 g/mol. The van der Waals surface area contributed by atoms with E-state index in [1.165, 1.54) is 4.68 Å². The number of nitrogens with one attached hydrogen (secondary N) is 1. The van der Waals surface area contributed by atoms with Crippen molar-refractivity contribution >= 4 is 23.5 Å². The van der Waals surface area contributed by atoms with Gasteiger partial charge in [-0.05, 0) is 29.7 Å². The molecule has 0 amide bonds. The van der Waals surface area contributed by atoms with Gasteiger partial charge >= 0.3 is 0 Å². The van der Waals surface area contributed by atoms with E-state index in [0.29, 0.717) is 35.5 Å². The lowest BCUT2D eigenvalue weighted by Gasteiger charge is -2.09. The van der Waals surface area contributed by atoms with Crippen LogP contribution in [0.1, 0.15) is 30.6 Å². The van der Waals surface area contributed by atoms with E-state index < -0.39 is 0 Å². The van der Waals surface area contributed by atoms with Gasteiger partial charge in [0.15, 0.2) is 5.76 Å². The average Bonchev–Trinajstić information content (AvgIpc) is 3.23. The SMILES string of the molecule is CC(C)CC(=O)n1nc(-c2ccco2)nc1NCc1ccccc1Cl. The zero-order valence-electron chi connectivity index (χ0n) is 14.1. The molecule has 0 aliphatic carbocycles. The zero-order valence-corrected chi connectivity index (χ0v) is 14.8. The Morgan fingerprint density at radius 3 is 2.76 bits per heavy atom. The summed E-state index contributed by atoms with van der Waals surface area (Å²) in [5.41, 5.74) is 0.912. The molecule has 0 spiro atoms. The maximum Gasteiger partial charge on any atom is 0.250 e. The van der Waals surface area contributed by atoms with Crippen molar-refractivity contribution in [1.29, 1.82) is 0 Å². The maximum absolute atomic E-state index is 12.5. The van der Waals surface area contributed by atoms with E-state index in [0.717, 1.165) is 5.56 Å². The number of nitrogens with zero attached hydrogens (tertiary/aromatic N) is 3. The Hall–Kier alpha value is -2.60. The van der Waals surface area contributed by atoms with Gasteiger partial charge in [0.2, 0.25) is 17.7 Å². The third kappa shape index (κ3) is 4.09. The Bertz CT molecular complexity index is 856. The molecular formula is C18H19ClN4O2. The highest BCUT2D eigenvalue weighted by atomic mass is 35.5. The number of furan rings is 1. The van der Waals surface area contributed by atoms with Gasteiger partial charge in [-0.3, -0.25) is 4.79 Å². The molecule has 3 aromatic rings. The lowest BCUT2D eigenvalue weighted by atomic mass is 10.1. The van der Waals surface area contributed by atoms with Crippen LogP contribution in [0.25, 0.3) is 11.6 Å². The minimum Gasteiger partial charge on any atom is -0.461 e. The number of carbonyl (C=O) groups is 1. The number of aromatic nitrogens is 3. The molecule has 0 radical (unpaired) electrons. The molecule has 0 saturated heterocycles. The molecule has 0 unspecified atom stereocenters. The van der Waals surface area contributed by atoms with Crippen LogP contribution in [0.4, 0.5) is 5.95 Å². The summed E-state index contributed by atoms with van der Waals surface area (Å²) < 4.78 is 6.63. The van der Waals surface area contributed by atoms with Gasteiger partial charge in [-0.1, -0.05) is 43.6 Å². The highest BCUT2D eigenvalue weighted by Gasteiger charge is 2.19. The Morgan fingerprint density at radius 1 is 1.28 bits per heavy atom. The standard InChI is InChI=1S/C18H19ClN4O2/c1-12(2)10-16(24)23-18(20-11-13-6-3-4-7-14(13)19)21-17(22-23)15-8-5-9-25-15/h3-9,12H,10-11H2,1-2H3,(H,20,21,22). The maximum atomic E-state index is 12.5. The third-order valence-corrected chi connectivity index (χ3v) is 3.93. The van der Waals surface area contributed by atoms with E-state index in [4.69, 9.17) is 16.0 Å². The summed E-state index contributed by atoms with van der Waals surface area (Å²) in [4.78, 5) is 16.9. The second kappa shape index (κ2) is 7.53. The third-order valence-electron chi connectivity index (χ3n) is 3.56. The smallest absolute Gasteiger partial charge is 0.250 e. The van der Waals surface area contributed by atoms with Crippen LogP contribution < -0.4 is 5.32 Å². The number of hydrogen-bond acceptors (Lipinski definition) is 5. The fourth-order valence-corrected chi connectivity index (χ4v) is 2.56. The lowest BCUT2D eigenvalue weighted by molar-refractivity contribution is 0.0873. The summed E-state index contributed by atoms with van der Waals surface area (Å²) in [6, 6.07) is 11.0. The highest BCUT2D eigenvalue weighted by Crippen LogP contribution is 2.21. The summed E-state index contributed by atoms with van der Waals surface area (Å²) in [6.45, 7) is 4.41. The summed E-state index contributed by atoms with van der Waals surface area (Å²) in [7, 11) is 0. The molecule has 0 atom stereocenters. The van der Waals surface area contributed by atoms with Gasteiger partial charge in [-0.25, -0.2) is 0 Å². The van der Waals surface area contributed by atoms with E-state index in [2.05, 4.69) is 15.4 Å². The molecule has 1 N–H and O–H groups in total. The van der Waals surface area contributed by atoms with Gasteiger partial charge in [0.05, 0.1) is 6.26 Å². The molecule has 130 valence electrons. The summed E-state index contributed by atoms with van der Waals surface area (Å²) in [5, 5.41) is 8.11. The molecule has 1 aromatic carbocycles. The summed E-state index contributed by atoms with van der Waals surface area (Å²) >= 11 is 6.18. The van der Waals surface area contributed by atoms with Crippen LogP contribution in [-0.4, -0.2) is 20.7 Å². The molecule has 2 heterocycles. The van der Waals surface area contributed by atoms with E-state index in [9.17, 15) is 4.79 Å². The van der Waals surface area contributed by atoms with Gasteiger partial charge in [0.1, 0.15) is 0 Å². The molecule has 6 nitrogen and oxygen atoms in total. The van der Waals surface area contributed by atoms with Gasteiger partial charge in [0, 0.05) is 18.0 Å². The van der Waals surface area contributed by atoms with E-state index in [1.54, 1.807) is 18.4 Å². The van der Waals surface area contributed by atoms with Crippen molar-refractivity contribution in [3.63, 3.8) is 0 Å². The Balaban J connectivity index is 1.87. The van der Waals surface area contributed by atoms with Gasteiger partial charge in [0.25, 0.3) is 0 Å². The van der Waals surface area contributed by atoms with Crippen molar-refractivity contribution in [2.24, 2.45) is 5.92 Å². The van der Waals surface area contributed by atoms with Crippen molar-refractivity contribution in [3.05, 3.63) is 53.2 Å². The average molecular weight is 359 g/mol. The fourth-order valence-electron chi connectivity index (χ4n) is 2.36. The number of halogens is 1. The van der Waals surface area contributed by atoms with Crippen LogP contribution in [0.2, 0.25) is 5.02 Å². The molecule has 0 aliphatic rings. The molecule has 0 bridgehead atoms. The molecule has 0 aliphatic heterocycles. The van der Waals surface area contributed by atoms with Crippen molar-refractivity contribution in [2.45, 2.75) is 26.8 Å². The number of benzene rings is 1. The van der Waals surface area contributed by atoms with E-state index in [1.807, 2.05) is 38.1 Å². The van der Waals surface area contributed by atoms with E-state index in [-0.39, 0.29) is 11.8 Å². The first kappa shape index (κ1) is 17.2. The van der Waals surface area contributed by atoms with Gasteiger partial charge in [-0.15, -0.1) is 5.10 Å². The number of rotatable bonds is 6. The predicted molar refractivity (Wildman–Crippen MR) is 96.6 cm³/mol. The lowest BCUT2D eigenvalue weighted by Crippen LogP contribution is -2.18. The van der Waals surface area contributed by atoms with Crippen molar-refractivity contribution < 1.29 is 9.21 Å². The Labute approximate surface area is 150 Å². The first-order valence-corrected chi connectivity index (χ1v) is 8.44. The summed E-state index contributed by atoms with van der Waals surface area (Å²) in [5.74, 6) is 1.35. The topological polar surface area (TPSA) is 73.0 Å². The molecule has 3 rings (SSSR count). The van der Waals surface area contributed by atoms with Crippen LogP contribution >= 0.6 is 11.6 Å². The van der Waals surface area contributed by atoms with Gasteiger partial charge < -0.3 is 9.73 Å². The van der Waals surface area contributed by atoms with Crippen LogP contribution in [0.15, 0.2) is 47.1 Å². The molecule has 0 saturated carbocycles. The molecule has 0 fully saturated rings. The largest absolute Gasteiger partial charge is 0.461 e. The highest BCUT2D eigenvalue weighted by molar-refractivity contribution is 6.31. The first-order valence-electron chi connectivity index (χ1n) is 8.06. The Morgan fingerprint density at radius 2 is 2.08 bits per heavy atom. The molecule has 2 aromatic heterocycles. The first-order chi connectivity index (χ1) is 12.0. The van der Waals surface area contributed by atoms with Crippen molar-refractivity contribution in [2.75, 3.05) is 5.32 Å². The van der Waals surface area contributed by atoms with Gasteiger partial charge in [-0.2, -0.15) is 9.67 Å². The van der Waals surface area contributed by atoms with Crippen LogP contribution in [0, 0.1) is 5.92 Å². The Kier molecular flexibility index (Phi) is 5.19. The minimum absolute atomic E-state index is 0.123. The minimum atomic E-state index is -0.123. The predicted octanol–water partition coefficient (Wildman–Crippen LogP) is 4.49. The molecule has 25 heavy (non-hydrogen) atoms. The van der Waals surface area contributed by atoms with Crippen LogP contribution in [-0.2, 0) is 6.54 Å². The van der Waals surface area contributed by atoms with Crippen LogP contribution in [0.5, 0.6) is 0 Å². The monoisotopic (exact) mass is 358 g/mol. The second-order valence-corrected chi connectivity index (χ2v) is 6.49. The number of carbonyl (C=O) groups excluding carboxylic acids is 1. The number of anilines is 1. The number of hydrogen-bond donors (Lipinski definition) is 1. The van der Waals surface area contributed by atoms with Crippen molar-refractivity contribution in [1.82, 2.24) is 14.8 Å². The van der Waals surface area contributed by atoms with Crippen molar-refractivity contribution in [3.8, 4) is 11.6 Å². The summed E-state index contributed by atoms with van der Waals surface area (Å²) in [6.07, 6.45) is 1.92. The normalized spacial score (nSPS) is 11.0. The van der Waals surface area contributed by atoms with Crippen LogP contribution in [0.3, 0.4) is 0 Å². The quantitative estimate of drug-likeness (QED) is 0.702. The molecule has 7 heteroatoms.